The lowest BCUT2D eigenvalue weighted by Gasteiger charge is -2.36. The van der Waals surface area contributed by atoms with Gasteiger partial charge in [0.25, 0.3) is 0 Å². The number of aliphatic imine (C=N–C) groups is 1. The minimum Gasteiger partial charge on any atom is -0.362 e. The van der Waals surface area contributed by atoms with E-state index in [0.717, 1.165) is 18.9 Å². The molecule has 0 radical (unpaired) electrons. The maximum absolute atomic E-state index is 4.77. The minimum absolute atomic E-state index is 0.697. The zero-order valence-electron chi connectivity index (χ0n) is 12.3. The molecule has 0 spiro atoms. The highest BCUT2D eigenvalue weighted by molar-refractivity contribution is 8.13. The lowest BCUT2D eigenvalue weighted by Crippen LogP contribution is -2.46. The quantitative estimate of drug-likeness (QED) is 0.915. The number of nitrogens with one attached hydrogen (secondary N) is 1. The van der Waals surface area contributed by atoms with Crippen molar-refractivity contribution >= 4 is 16.9 Å². The molecule has 20 heavy (non-hydrogen) atoms. The maximum atomic E-state index is 4.77. The van der Waals surface area contributed by atoms with Crippen molar-refractivity contribution < 1.29 is 0 Å². The Morgan fingerprint density at radius 2 is 2.20 bits per heavy atom. The lowest BCUT2D eigenvalue weighted by molar-refractivity contribution is 0.311. The summed E-state index contributed by atoms with van der Waals surface area (Å²) in [6.45, 7) is 3.05. The normalized spacial score (nSPS) is 27.9. The number of aryl methyl sites for hydroxylation is 1. The zero-order valence-corrected chi connectivity index (χ0v) is 13.1. The molecule has 2 fully saturated rings. The van der Waals surface area contributed by atoms with Crippen molar-refractivity contribution in [1.82, 2.24) is 5.32 Å². The number of rotatable bonds is 3. The molecule has 0 aromatic heterocycles. The fraction of sp³-hybridized carbons (Fsp3) is 0.588. The third kappa shape index (κ3) is 3.57. The van der Waals surface area contributed by atoms with Gasteiger partial charge in [0, 0.05) is 18.3 Å². The van der Waals surface area contributed by atoms with Gasteiger partial charge in [0.05, 0.1) is 0 Å². The second kappa shape index (κ2) is 6.66. The number of benzene rings is 1. The SMILES string of the molecule is Cc1cccc(CCN=C2NC3CCCCC3CS2)c1. The van der Waals surface area contributed by atoms with Gasteiger partial charge in [-0.3, -0.25) is 4.99 Å². The minimum atomic E-state index is 0.697. The second-order valence-electron chi connectivity index (χ2n) is 6.03. The number of thioether (sulfide) groups is 1. The van der Waals surface area contributed by atoms with Gasteiger partial charge in [0.1, 0.15) is 0 Å². The van der Waals surface area contributed by atoms with Gasteiger partial charge in [-0.05, 0) is 37.7 Å². The van der Waals surface area contributed by atoms with Gasteiger partial charge in [-0.15, -0.1) is 0 Å². The van der Waals surface area contributed by atoms with Crippen LogP contribution in [0.15, 0.2) is 29.3 Å². The Morgan fingerprint density at radius 1 is 1.30 bits per heavy atom. The van der Waals surface area contributed by atoms with Crippen molar-refractivity contribution in [2.75, 3.05) is 12.3 Å². The molecule has 1 aliphatic heterocycles. The van der Waals surface area contributed by atoms with Crippen LogP contribution in [0.3, 0.4) is 0 Å². The summed E-state index contributed by atoms with van der Waals surface area (Å²) in [5.41, 5.74) is 2.73. The van der Waals surface area contributed by atoms with E-state index in [2.05, 4.69) is 36.5 Å². The Morgan fingerprint density at radius 3 is 3.10 bits per heavy atom. The molecular weight excluding hydrogens is 264 g/mol. The average molecular weight is 288 g/mol. The number of amidine groups is 1. The molecule has 108 valence electrons. The molecule has 1 saturated heterocycles. The Hall–Kier alpha value is -0.960. The Labute approximate surface area is 126 Å². The van der Waals surface area contributed by atoms with Gasteiger partial charge in [-0.1, -0.05) is 54.4 Å². The monoisotopic (exact) mass is 288 g/mol. The Balaban J connectivity index is 1.52. The molecule has 0 amide bonds. The summed E-state index contributed by atoms with van der Waals surface area (Å²) in [5, 5.41) is 4.85. The summed E-state index contributed by atoms with van der Waals surface area (Å²) in [5.74, 6) is 2.14. The molecule has 3 heteroatoms. The van der Waals surface area contributed by atoms with Crippen LogP contribution in [0.4, 0.5) is 0 Å². The van der Waals surface area contributed by atoms with Gasteiger partial charge >= 0.3 is 0 Å². The predicted molar refractivity (Wildman–Crippen MR) is 88.5 cm³/mol. The first-order valence-electron chi connectivity index (χ1n) is 7.80. The Bertz CT molecular complexity index is 484. The molecule has 2 nitrogen and oxygen atoms in total. The van der Waals surface area contributed by atoms with Crippen LogP contribution in [0.5, 0.6) is 0 Å². The van der Waals surface area contributed by atoms with Crippen LogP contribution < -0.4 is 5.32 Å². The van der Waals surface area contributed by atoms with Crippen LogP contribution in [-0.2, 0) is 6.42 Å². The standard InChI is InChI=1S/C17H24N2S/c1-13-5-4-6-14(11-13)9-10-18-17-19-16-8-3-2-7-15(16)12-20-17/h4-6,11,15-16H,2-3,7-10,12H2,1H3,(H,18,19). The van der Waals surface area contributed by atoms with E-state index in [1.807, 2.05) is 11.8 Å². The van der Waals surface area contributed by atoms with Crippen molar-refractivity contribution in [3.8, 4) is 0 Å². The lowest BCUT2D eigenvalue weighted by atomic mass is 9.86. The van der Waals surface area contributed by atoms with Crippen molar-refractivity contribution in [2.45, 2.75) is 45.1 Å². The van der Waals surface area contributed by atoms with Crippen LogP contribution in [0.1, 0.15) is 36.8 Å². The molecule has 1 N–H and O–H groups in total. The highest BCUT2D eigenvalue weighted by Gasteiger charge is 2.29. The third-order valence-electron chi connectivity index (χ3n) is 4.39. The first kappa shape index (κ1) is 14.0. The highest BCUT2D eigenvalue weighted by atomic mass is 32.2. The van der Waals surface area contributed by atoms with Gasteiger partial charge < -0.3 is 5.32 Å². The molecule has 0 bridgehead atoms. The summed E-state index contributed by atoms with van der Waals surface area (Å²) >= 11 is 1.93. The van der Waals surface area contributed by atoms with Gasteiger partial charge in [-0.25, -0.2) is 0 Å². The summed E-state index contributed by atoms with van der Waals surface area (Å²) in [6.07, 6.45) is 6.59. The summed E-state index contributed by atoms with van der Waals surface area (Å²) < 4.78 is 0. The van der Waals surface area contributed by atoms with Crippen molar-refractivity contribution in [1.29, 1.82) is 0 Å². The van der Waals surface area contributed by atoms with Gasteiger partial charge in [0.15, 0.2) is 5.17 Å². The number of hydrogen-bond acceptors (Lipinski definition) is 2. The highest BCUT2D eigenvalue weighted by Crippen LogP contribution is 2.31. The van der Waals surface area contributed by atoms with E-state index in [1.165, 1.54) is 47.7 Å². The van der Waals surface area contributed by atoms with Gasteiger partial charge in [-0.2, -0.15) is 0 Å². The molecule has 2 unspecified atom stereocenters. The molecular formula is C17H24N2S. The first-order chi connectivity index (χ1) is 9.81. The summed E-state index contributed by atoms with van der Waals surface area (Å²) in [4.78, 5) is 4.77. The molecule has 1 saturated carbocycles. The van der Waals surface area contributed by atoms with E-state index in [9.17, 15) is 0 Å². The van der Waals surface area contributed by atoms with E-state index in [-0.39, 0.29) is 0 Å². The van der Waals surface area contributed by atoms with Crippen LogP contribution >= 0.6 is 11.8 Å². The fourth-order valence-electron chi connectivity index (χ4n) is 3.23. The van der Waals surface area contributed by atoms with Crippen LogP contribution in [-0.4, -0.2) is 23.5 Å². The largest absolute Gasteiger partial charge is 0.362 e. The fourth-order valence-corrected chi connectivity index (χ4v) is 4.42. The average Bonchev–Trinajstić information content (AvgIpc) is 2.47. The topological polar surface area (TPSA) is 24.4 Å². The number of nitrogens with zero attached hydrogens (tertiary/aromatic N) is 1. The van der Waals surface area contributed by atoms with E-state index in [1.54, 1.807) is 0 Å². The number of fused-ring (bicyclic) bond motifs is 1. The first-order valence-corrected chi connectivity index (χ1v) is 8.79. The van der Waals surface area contributed by atoms with Gasteiger partial charge in [0.2, 0.25) is 0 Å². The van der Waals surface area contributed by atoms with E-state index >= 15 is 0 Å². The maximum Gasteiger partial charge on any atom is 0.156 e. The van der Waals surface area contributed by atoms with Crippen LogP contribution in [0.25, 0.3) is 0 Å². The van der Waals surface area contributed by atoms with E-state index < -0.39 is 0 Å². The van der Waals surface area contributed by atoms with Crippen molar-refractivity contribution in [3.63, 3.8) is 0 Å². The molecule has 1 heterocycles. The molecule has 1 aromatic carbocycles. The zero-order chi connectivity index (χ0) is 13.8. The third-order valence-corrected chi connectivity index (χ3v) is 5.51. The summed E-state index contributed by atoms with van der Waals surface area (Å²) in [7, 11) is 0. The van der Waals surface area contributed by atoms with E-state index in [4.69, 9.17) is 4.99 Å². The molecule has 1 aliphatic carbocycles. The Kier molecular flexibility index (Phi) is 4.66. The smallest absolute Gasteiger partial charge is 0.156 e. The van der Waals surface area contributed by atoms with Crippen molar-refractivity contribution in [2.24, 2.45) is 10.9 Å². The molecule has 2 atom stereocenters. The second-order valence-corrected chi connectivity index (χ2v) is 7.04. The molecule has 3 rings (SSSR count). The number of hydrogen-bond donors (Lipinski definition) is 1. The molecule has 2 aliphatic rings. The van der Waals surface area contributed by atoms with E-state index in [0.29, 0.717) is 6.04 Å². The predicted octanol–water partition coefficient (Wildman–Crippen LogP) is 3.79. The summed E-state index contributed by atoms with van der Waals surface area (Å²) in [6, 6.07) is 9.45. The molecule has 1 aromatic rings. The van der Waals surface area contributed by atoms with Crippen LogP contribution in [0.2, 0.25) is 0 Å². The van der Waals surface area contributed by atoms with Crippen molar-refractivity contribution in [3.05, 3.63) is 35.4 Å². The van der Waals surface area contributed by atoms with Crippen LogP contribution in [0, 0.1) is 12.8 Å².